The summed E-state index contributed by atoms with van der Waals surface area (Å²) in [6, 6.07) is 5.88. The number of benzene rings is 1. The van der Waals surface area contributed by atoms with Crippen molar-refractivity contribution < 1.29 is 24.0 Å². The van der Waals surface area contributed by atoms with Crippen LogP contribution in [0.25, 0.3) is 0 Å². The first-order valence-electron chi connectivity index (χ1n) is 7.81. The van der Waals surface area contributed by atoms with Gasteiger partial charge in [-0.25, -0.2) is 0 Å². The molecule has 1 saturated heterocycles. The lowest BCUT2D eigenvalue weighted by Gasteiger charge is -2.35. The molecule has 1 fully saturated rings. The highest BCUT2D eigenvalue weighted by Gasteiger charge is 2.26. The van der Waals surface area contributed by atoms with Crippen LogP contribution in [0, 0.1) is 10.1 Å². The monoisotopic (exact) mass is 368 g/mol. The summed E-state index contributed by atoms with van der Waals surface area (Å²) in [5.41, 5.74) is -0.00788. The summed E-state index contributed by atoms with van der Waals surface area (Å²) in [6.07, 6.45) is -0.0813. The van der Waals surface area contributed by atoms with E-state index in [0.717, 1.165) is 0 Å². The molecule has 0 unspecified atom stereocenters. The number of ether oxygens (including phenoxy) is 2. The van der Waals surface area contributed by atoms with Gasteiger partial charge in [-0.3, -0.25) is 19.7 Å². The number of hydrogen-bond donors (Lipinski definition) is 0. The smallest absolute Gasteiger partial charge is 0.316 e. The summed E-state index contributed by atoms with van der Waals surface area (Å²) in [4.78, 5) is 36.3. The molecule has 1 aromatic carbocycles. The highest BCUT2D eigenvalue weighted by molar-refractivity contribution is 8.00. The summed E-state index contributed by atoms with van der Waals surface area (Å²) in [6.45, 7) is 4.46. The fourth-order valence-electron chi connectivity index (χ4n) is 2.46. The van der Waals surface area contributed by atoms with Gasteiger partial charge < -0.3 is 14.4 Å². The van der Waals surface area contributed by atoms with Crippen LogP contribution in [0.2, 0.25) is 0 Å². The predicted molar refractivity (Wildman–Crippen MR) is 91.4 cm³/mol. The number of amides is 1. The Balaban J connectivity index is 1.73. The van der Waals surface area contributed by atoms with Crippen LogP contribution in [0.1, 0.15) is 13.8 Å². The Morgan fingerprint density at radius 3 is 2.44 bits per heavy atom. The minimum absolute atomic E-state index is 0.00788. The number of non-ortho nitro benzene ring substituents is 1. The van der Waals surface area contributed by atoms with Crippen molar-refractivity contribution in [2.45, 2.75) is 31.0 Å². The molecule has 9 heteroatoms. The Kier molecular flexibility index (Phi) is 6.77. The number of rotatable bonds is 6. The van der Waals surface area contributed by atoms with Crippen LogP contribution in [0.15, 0.2) is 29.2 Å². The van der Waals surface area contributed by atoms with Crippen molar-refractivity contribution in [2.24, 2.45) is 0 Å². The van der Waals surface area contributed by atoms with Gasteiger partial charge in [0.15, 0.2) is 6.61 Å². The molecule has 0 radical (unpaired) electrons. The standard InChI is InChI=1S/C16H20N2O6S/c1-11-7-17(8-12(2)24-11)15(19)9-23-16(20)10-25-14-5-3-13(4-6-14)18(21)22/h3-6,11-12H,7-10H2,1-2H3/t11-,12+. The summed E-state index contributed by atoms with van der Waals surface area (Å²) >= 11 is 1.19. The molecule has 0 bridgehead atoms. The van der Waals surface area contributed by atoms with Gasteiger partial charge in [0.25, 0.3) is 11.6 Å². The second-order valence-electron chi connectivity index (χ2n) is 5.76. The third-order valence-corrected chi connectivity index (χ3v) is 4.52. The van der Waals surface area contributed by atoms with Crippen molar-refractivity contribution in [3.8, 4) is 0 Å². The lowest BCUT2D eigenvalue weighted by atomic mass is 10.2. The van der Waals surface area contributed by atoms with E-state index >= 15 is 0 Å². The van der Waals surface area contributed by atoms with Gasteiger partial charge in [0.1, 0.15) is 0 Å². The van der Waals surface area contributed by atoms with Crippen molar-refractivity contribution in [3.05, 3.63) is 34.4 Å². The number of morpholine rings is 1. The number of carbonyl (C=O) groups excluding carboxylic acids is 2. The first-order chi connectivity index (χ1) is 11.8. The Bertz CT molecular complexity index is 626. The average molecular weight is 368 g/mol. The van der Waals surface area contributed by atoms with Crippen molar-refractivity contribution in [2.75, 3.05) is 25.4 Å². The van der Waals surface area contributed by atoms with Gasteiger partial charge in [0.2, 0.25) is 0 Å². The molecule has 1 heterocycles. The topological polar surface area (TPSA) is 99.0 Å². The summed E-state index contributed by atoms with van der Waals surface area (Å²) < 4.78 is 10.6. The van der Waals surface area contributed by atoms with E-state index in [1.165, 1.54) is 23.9 Å². The fraction of sp³-hybridized carbons (Fsp3) is 0.500. The zero-order valence-electron chi connectivity index (χ0n) is 14.0. The van der Waals surface area contributed by atoms with Gasteiger partial charge in [-0.2, -0.15) is 0 Å². The van der Waals surface area contributed by atoms with Crippen LogP contribution in [0.3, 0.4) is 0 Å². The van der Waals surface area contributed by atoms with E-state index in [1.807, 2.05) is 13.8 Å². The molecule has 0 spiro atoms. The molecule has 8 nitrogen and oxygen atoms in total. The van der Waals surface area contributed by atoms with E-state index < -0.39 is 10.9 Å². The van der Waals surface area contributed by atoms with Crippen molar-refractivity contribution in [1.29, 1.82) is 0 Å². The molecule has 1 amide bonds. The minimum Gasteiger partial charge on any atom is -0.455 e. The summed E-state index contributed by atoms with van der Waals surface area (Å²) in [5.74, 6) is -0.720. The third kappa shape index (κ3) is 6.02. The average Bonchev–Trinajstić information content (AvgIpc) is 2.57. The largest absolute Gasteiger partial charge is 0.455 e. The Hall–Kier alpha value is -2.13. The van der Waals surface area contributed by atoms with Crippen LogP contribution in [-0.2, 0) is 19.1 Å². The zero-order chi connectivity index (χ0) is 18.4. The van der Waals surface area contributed by atoms with Crippen LogP contribution in [-0.4, -0.2) is 59.4 Å². The summed E-state index contributed by atoms with van der Waals surface area (Å²) in [5, 5.41) is 10.6. The molecule has 1 aliphatic rings. The molecule has 25 heavy (non-hydrogen) atoms. The van der Waals surface area contributed by atoms with E-state index in [-0.39, 0.29) is 36.2 Å². The molecule has 1 aliphatic heterocycles. The molecule has 2 atom stereocenters. The van der Waals surface area contributed by atoms with E-state index in [9.17, 15) is 19.7 Å². The van der Waals surface area contributed by atoms with Crippen LogP contribution >= 0.6 is 11.8 Å². The third-order valence-electron chi connectivity index (χ3n) is 3.53. The van der Waals surface area contributed by atoms with Gasteiger partial charge in [0.05, 0.1) is 22.9 Å². The second-order valence-corrected chi connectivity index (χ2v) is 6.81. The van der Waals surface area contributed by atoms with Crippen LogP contribution in [0.5, 0.6) is 0 Å². The lowest BCUT2D eigenvalue weighted by Crippen LogP contribution is -2.49. The second kappa shape index (κ2) is 8.82. The number of thioether (sulfide) groups is 1. The maximum Gasteiger partial charge on any atom is 0.316 e. The molecule has 0 aliphatic carbocycles. The number of carbonyl (C=O) groups is 2. The molecule has 0 aromatic heterocycles. The van der Waals surface area contributed by atoms with Crippen molar-refractivity contribution in [1.82, 2.24) is 4.90 Å². The normalized spacial score (nSPS) is 20.2. The van der Waals surface area contributed by atoms with E-state index in [2.05, 4.69) is 0 Å². The summed E-state index contributed by atoms with van der Waals surface area (Å²) in [7, 11) is 0. The predicted octanol–water partition coefficient (Wildman–Crippen LogP) is 1.87. The van der Waals surface area contributed by atoms with Crippen molar-refractivity contribution >= 4 is 29.3 Å². The maximum atomic E-state index is 12.1. The highest BCUT2D eigenvalue weighted by atomic mass is 32.2. The molecule has 1 aromatic rings. The van der Waals surface area contributed by atoms with Gasteiger partial charge in [-0.05, 0) is 26.0 Å². The SMILES string of the molecule is C[C@@H]1CN(C(=O)COC(=O)CSc2ccc([N+](=O)[O-])cc2)C[C@H](C)O1. The van der Waals surface area contributed by atoms with Crippen LogP contribution in [0.4, 0.5) is 5.69 Å². The molecule has 2 rings (SSSR count). The number of nitro benzene ring substituents is 1. The molecule has 0 saturated carbocycles. The van der Waals surface area contributed by atoms with Crippen molar-refractivity contribution in [3.63, 3.8) is 0 Å². The first-order valence-corrected chi connectivity index (χ1v) is 8.80. The first kappa shape index (κ1) is 19.2. The van der Waals surface area contributed by atoms with E-state index in [0.29, 0.717) is 18.0 Å². The molecular weight excluding hydrogens is 348 g/mol. The Labute approximate surface area is 149 Å². The minimum atomic E-state index is -0.508. The quantitative estimate of drug-likeness (QED) is 0.327. The fourth-order valence-corrected chi connectivity index (χ4v) is 3.16. The number of hydrogen-bond acceptors (Lipinski definition) is 7. The Morgan fingerprint density at radius 1 is 1.28 bits per heavy atom. The molecule has 0 N–H and O–H groups in total. The van der Waals surface area contributed by atoms with Crippen LogP contribution < -0.4 is 0 Å². The lowest BCUT2D eigenvalue weighted by molar-refractivity contribution is -0.384. The number of nitro groups is 1. The Morgan fingerprint density at radius 2 is 1.88 bits per heavy atom. The van der Waals surface area contributed by atoms with E-state index in [4.69, 9.17) is 9.47 Å². The van der Waals surface area contributed by atoms with Gasteiger partial charge >= 0.3 is 5.97 Å². The maximum absolute atomic E-state index is 12.1. The molecular formula is C16H20N2O6S. The number of esters is 1. The zero-order valence-corrected chi connectivity index (χ0v) is 14.9. The van der Waals surface area contributed by atoms with Gasteiger partial charge in [-0.1, -0.05) is 0 Å². The van der Waals surface area contributed by atoms with Gasteiger partial charge in [0, 0.05) is 30.1 Å². The van der Waals surface area contributed by atoms with Gasteiger partial charge in [-0.15, -0.1) is 11.8 Å². The molecule has 136 valence electrons. The highest BCUT2D eigenvalue weighted by Crippen LogP contribution is 2.21. The number of nitrogens with zero attached hydrogens (tertiary/aromatic N) is 2. The van der Waals surface area contributed by atoms with E-state index in [1.54, 1.807) is 17.0 Å².